The van der Waals surface area contributed by atoms with Gasteiger partial charge in [-0.3, -0.25) is 4.79 Å². The number of nitrogens with zero attached hydrogens (tertiary/aromatic N) is 1. The van der Waals surface area contributed by atoms with Crippen LogP contribution in [0.3, 0.4) is 0 Å². The number of likely N-dealkylation sites (tertiary alicyclic amines) is 1. The summed E-state index contributed by atoms with van der Waals surface area (Å²) in [5, 5.41) is 3.17. The average molecular weight is 308 g/mol. The van der Waals surface area contributed by atoms with E-state index in [1.54, 1.807) is 0 Å². The molecule has 0 unspecified atom stereocenters. The first kappa shape index (κ1) is 15.8. The van der Waals surface area contributed by atoms with E-state index in [1.807, 2.05) is 42.5 Å². The molecule has 0 bridgehead atoms. The van der Waals surface area contributed by atoms with E-state index in [0.29, 0.717) is 6.04 Å². The highest BCUT2D eigenvalue weighted by molar-refractivity contribution is 5.94. The minimum absolute atomic E-state index is 0.0413. The normalized spacial score (nSPS) is 16.2. The lowest BCUT2D eigenvalue weighted by Crippen LogP contribution is -2.44. The summed E-state index contributed by atoms with van der Waals surface area (Å²) in [5.41, 5.74) is 3.05. The van der Waals surface area contributed by atoms with Crippen LogP contribution in [-0.2, 0) is 0 Å². The Morgan fingerprint density at radius 1 is 1.00 bits per heavy atom. The maximum Gasteiger partial charge on any atom is 0.251 e. The second kappa shape index (κ2) is 7.42. The van der Waals surface area contributed by atoms with Crippen molar-refractivity contribution < 1.29 is 4.79 Å². The topological polar surface area (TPSA) is 32.3 Å². The largest absolute Gasteiger partial charge is 0.349 e. The highest BCUT2D eigenvalue weighted by Crippen LogP contribution is 2.19. The van der Waals surface area contributed by atoms with Gasteiger partial charge in [-0.2, -0.15) is 0 Å². The van der Waals surface area contributed by atoms with E-state index in [4.69, 9.17) is 0 Å². The van der Waals surface area contributed by atoms with E-state index >= 15 is 0 Å². The van der Waals surface area contributed by atoms with Crippen molar-refractivity contribution in [3.8, 4) is 11.1 Å². The number of hydrogen-bond acceptors (Lipinski definition) is 2. The summed E-state index contributed by atoms with van der Waals surface area (Å²) in [6.07, 6.45) is 2.09. The molecular weight excluding hydrogens is 284 g/mol. The number of hydrogen-bond donors (Lipinski definition) is 1. The van der Waals surface area contributed by atoms with E-state index < -0.39 is 0 Å². The summed E-state index contributed by atoms with van der Waals surface area (Å²) in [6, 6.07) is 18.4. The third-order valence-electron chi connectivity index (χ3n) is 4.62. The number of nitrogens with one attached hydrogen (secondary N) is 1. The molecule has 3 nitrogen and oxygen atoms in total. The maximum atomic E-state index is 12.4. The summed E-state index contributed by atoms with van der Waals surface area (Å²) in [7, 11) is 0. The first-order valence-electron chi connectivity index (χ1n) is 8.45. The van der Waals surface area contributed by atoms with Crippen molar-refractivity contribution in [2.75, 3.05) is 19.6 Å². The van der Waals surface area contributed by atoms with Gasteiger partial charge < -0.3 is 10.2 Å². The monoisotopic (exact) mass is 308 g/mol. The fourth-order valence-corrected chi connectivity index (χ4v) is 3.11. The molecule has 0 atom stereocenters. The van der Waals surface area contributed by atoms with E-state index in [9.17, 15) is 4.79 Å². The van der Waals surface area contributed by atoms with Crippen molar-refractivity contribution in [2.24, 2.45) is 0 Å². The number of carbonyl (C=O) groups excluding carboxylic acids is 1. The number of piperidine rings is 1. The van der Waals surface area contributed by atoms with Crippen molar-refractivity contribution in [3.63, 3.8) is 0 Å². The molecule has 0 saturated carbocycles. The molecule has 0 aliphatic carbocycles. The van der Waals surface area contributed by atoms with E-state index in [2.05, 4.69) is 29.3 Å². The van der Waals surface area contributed by atoms with Crippen LogP contribution in [0.2, 0.25) is 0 Å². The predicted octanol–water partition coefficient (Wildman–Crippen LogP) is 3.57. The van der Waals surface area contributed by atoms with Crippen LogP contribution in [0.5, 0.6) is 0 Å². The van der Waals surface area contributed by atoms with Crippen LogP contribution >= 0.6 is 0 Å². The number of benzene rings is 2. The molecule has 2 aromatic rings. The zero-order valence-corrected chi connectivity index (χ0v) is 13.7. The van der Waals surface area contributed by atoms with Crippen molar-refractivity contribution >= 4 is 5.91 Å². The molecule has 3 heteroatoms. The molecule has 120 valence electrons. The van der Waals surface area contributed by atoms with Crippen LogP contribution in [0.25, 0.3) is 11.1 Å². The molecule has 0 spiro atoms. The molecule has 1 heterocycles. The molecular formula is C20H24N2O. The summed E-state index contributed by atoms with van der Waals surface area (Å²) in [4.78, 5) is 14.8. The van der Waals surface area contributed by atoms with Gasteiger partial charge >= 0.3 is 0 Å². The summed E-state index contributed by atoms with van der Waals surface area (Å²) < 4.78 is 0. The van der Waals surface area contributed by atoms with Gasteiger partial charge in [-0.25, -0.2) is 0 Å². The molecule has 1 N–H and O–H groups in total. The zero-order chi connectivity index (χ0) is 16.1. The SMILES string of the molecule is CCN1CCC(NC(=O)c2ccc(-c3ccccc3)cc2)CC1. The Balaban J connectivity index is 1.60. The van der Waals surface area contributed by atoms with Gasteiger partial charge in [0.15, 0.2) is 0 Å². The second-order valence-electron chi connectivity index (χ2n) is 6.13. The van der Waals surface area contributed by atoms with E-state index in [0.717, 1.165) is 43.6 Å². The van der Waals surface area contributed by atoms with Gasteiger partial charge in [-0.05, 0) is 42.6 Å². The fraction of sp³-hybridized carbons (Fsp3) is 0.350. The van der Waals surface area contributed by atoms with Gasteiger partial charge in [0.2, 0.25) is 0 Å². The lowest BCUT2D eigenvalue weighted by Gasteiger charge is -2.31. The molecule has 2 aromatic carbocycles. The second-order valence-corrected chi connectivity index (χ2v) is 6.13. The molecule has 1 aliphatic heterocycles. The van der Waals surface area contributed by atoms with Crippen LogP contribution in [0.15, 0.2) is 54.6 Å². The number of amides is 1. The third kappa shape index (κ3) is 3.99. The first-order chi connectivity index (χ1) is 11.3. The highest BCUT2D eigenvalue weighted by Gasteiger charge is 2.20. The van der Waals surface area contributed by atoms with E-state index in [-0.39, 0.29) is 5.91 Å². The molecule has 23 heavy (non-hydrogen) atoms. The van der Waals surface area contributed by atoms with Gasteiger partial charge in [0.1, 0.15) is 0 Å². The Bertz CT molecular complexity index is 628. The Morgan fingerprint density at radius 3 is 2.22 bits per heavy atom. The Kier molecular flexibility index (Phi) is 5.09. The first-order valence-corrected chi connectivity index (χ1v) is 8.45. The van der Waals surface area contributed by atoms with Crippen molar-refractivity contribution in [1.82, 2.24) is 10.2 Å². The predicted molar refractivity (Wildman–Crippen MR) is 94.5 cm³/mol. The maximum absolute atomic E-state index is 12.4. The standard InChI is InChI=1S/C20H24N2O/c1-2-22-14-12-19(13-15-22)21-20(23)18-10-8-17(9-11-18)16-6-4-3-5-7-16/h3-11,19H,2,12-15H2,1H3,(H,21,23). The molecule has 1 aliphatic rings. The third-order valence-corrected chi connectivity index (χ3v) is 4.62. The van der Waals surface area contributed by atoms with Crippen LogP contribution in [0.1, 0.15) is 30.1 Å². The lowest BCUT2D eigenvalue weighted by molar-refractivity contribution is 0.0912. The van der Waals surface area contributed by atoms with Gasteiger partial charge in [-0.1, -0.05) is 49.4 Å². The molecule has 1 fully saturated rings. The minimum atomic E-state index is 0.0413. The quantitative estimate of drug-likeness (QED) is 0.936. The van der Waals surface area contributed by atoms with Gasteiger partial charge in [0.05, 0.1) is 0 Å². The van der Waals surface area contributed by atoms with Gasteiger partial charge in [-0.15, -0.1) is 0 Å². The Morgan fingerprint density at radius 2 is 1.61 bits per heavy atom. The smallest absolute Gasteiger partial charge is 0.251 e. The molecule has 3 rings (SSSR count). The number of carbonyl (C=O) groups is 1. The summed E-state index contributed by atoms with van der Waals surface area (Å²) in [6.45, 7) is 5.44. The van der Waals surface area contributed by atoms with Crippen LogP contribution in [0, 0.1) is 0 Å². The lowest BCUT2D eigenvalue weighted by atomic mass is 10.0. The van der Waals surface area contributed by atoms with E-state index in [1.165, 1.54) is 5.56 Å². The van der Waals surface area contributed by atoms with Crippen LogP contribution in [-0.4, -0.2) is 36.5 Å². The van der Waals surface area contributed by atoms with Gasteiger partial charge in [0, 0.05) is 24.7 Å². The molecule has 0 radical (unpaired) electrons. The molecule has 0 aromatic heterocycles. The summed E-state index contributed by atoms with van der Waals surface area (Å²) in [5.74, 6) is 0.0413. The van der Waals surface area contributed by atoms with Gasteiger partial charge in [0.25, 0.3) is 5.91 Å². The van der Waals surface area contributed by atoms with Crippen molar-refractivity contribution in [2.45, 2.75) is 25.8 Å². The average Bonchev–Trinajstić information content (AvgIpc) is 2.63. The van der Waals surface area contributed by atoms with Crippen molar-refractivity contribution in [3.05, 3.63) is 60.2 Å². The molecule has 1 saturated heterocycles. The molecule has 1 amide bonds. The Labute approximate surface area is 138 Å². The number of rotatable bonds is 4. The van der Waals surface area contributed by atoms with Crippen molar-refractivity contribution in [1.29, 1.82) is 0 Å². The minimum Gasteiger partial charge on any atom is -0.349 e. The zero-order valence-electron chi connectivity index (χ0n) is 13.7. The van der Waals surface area contributed by atoms with Crippen LogP contribution < -0.4 is 5.32 Å². The van der Waals surface area contributed by atoms with Crippen LogP contribution in [0.4, 0.5) is 0 Å². The highest BCUT2D eigenvalue weighted by atomic mass is 16.1. The Hall–Kier alpha value is -2.13. The summed E-state index contributed by atoms with van der Waals surface area (Å²) >= 11 is 0. The fourth-order valence-electron chi connectivity index (χ4n) is 3.11.